The Balaban J connectivity index is 2.56. The molecule has 17 heavy (non-hydrogen) atoms. The third-order valence-corrected chi connectivity index (χ3v) is 4.27. The average Bonchev–Trinajstić information content (AvgIpc) is 2.28. The molecular formula is C14H28N2O. The van der Waals surface area contributed by atoms with Gasteiger partial charge in [-0.05, 0) is 31.1 Å². The van der Waals surface area contributed by atoms with Crippen LogP contribution in [0.4, 0.5) is 0 Å². The van der Waals surface area contributed by atoms with E-state index < -0.39 is 0 Å². The Labute approximate surface area is 106 Å². The first-order valence-corrected chi connectivity index (χ1v) is 7.03. The summed E-state index contributed by atoms with van der Waals surface area (Å²) in [5.74, 6) is 1.14. The predicted octanol–water partition coefficient (Wildman–Crippen LogP) is 2.30. The summed E-state index contributed by atoms with van der Waals surface area (Å²) in [6, 6.07) is 0.492. The third kappa shape index (κ3) is 3.70. The molecule has 0 aromatic rings. The molecule has 0 spiro atoms. The van der Waals surface area contributed by atoms with Crippen LogP contribution in [-0.2, 0) is 4.79 Å². The van der Waals surface area contributed by atoms with Crippen molar-refractivity contribution in [2.75, 3.05) is 0 Å². The Kier molecular flexibility index (Phi) is 5.44. The second kappa shape index (κ2) is 6.39. The van der Waals surface area contributed by atoms with Gasteiger partial charge < -0.3 is 11.1 Å². The van der Waals surface area contributed by atoms with Crippen LogP contribution in [0.5, 0.6) is 0 Å². The predicted molar refractivity (Wildman–Crippen MR) is 71.5 cm³/mol. The van der Waals surface area contributed by atoms with Gasteiger partial charge in [-0.25, -0.2) is 0 Å². The molecule has 0 heterocycles. The van der Waals surface area contributed by atoms with E-state index in [1.165, 1.54) is 0 Å². The van der Waals surface area contributed by atoms with E-state index in [1.54, 1.807) is 0 Å². The van der Waals surface area contributed by atoms with E-state index in [1.807, 2.05) is 0 Å². The normalized spacial score (nSPS) is 31.3. The number of carbonyl (C=O) groups is 1. The minimum absolute atomic E-state index is 0.117. The van der Waals surface area contributed by atoms with Crippen molar-refractivity contribution in [2.45, 2.75) is 65.5 Å². The van der Waals surface area contributed by atoms with E-state index in [9.17, 15) is 4.79 Å². The highest BCUT2D eigenvalue weighted by atomic mass is 16.2. The van der Waals surface area contributed by atoms with Gasteiger partial charge in [-0.15, -0.1) is 0 Å². The Morgan fingerprint density at radius 2 is 2.06 bits per heavy atom. The molecule has 100 valence electrons. The van der Waals surface area contributed by atoms with Crippen LogP contribution in [-0.4, -0.2) is 18.0 Å². The number of nitrogens with two attached hydrogens (primary N) is 1. The fourth-order valence-corrected chi connectivity index (χ4v) is 2.80. The Morgan fingerprint density at radius 3 is 2.59 bits per heavy atom. The average molecular weight is 240 g/mol. The van der Waals surface area contributed by atoms with Gasteiger partial charge in [0.15, 0.2) is 0 Å². The number of hydrogen-bond donors (Lipinski definition) is 2. The molecule has 3 heteroatoms. The zero-order valence-corrected chi connectivity index (χ0v) is 11.7. The lowest BCUT2D eigenvalue weighted by Crippen LogP contribution is -2.48. The highest BCUT2D eigenvalue weighted by Gasteiger charge is 2.33. The molecule has 0 saturated heterocycles. The minimum Gasteiger partial charge on any atom is -0.353 e. The summed E-state index contributed by atoms with van der Waals surface area (Å²) in [6.45, 7) is 8.56. The molecule has 1 amide bonds. The molecule has 0 aromatic carbocycles. The van der Waals surface area contributed by atoms with Crippen molar-refractivity contribution in [2.24, 2.45) is 23.5 Å². The Hall–Kier alpha value is -0.570. The Bertz CT molecular complexity index is 253. The quantitative estimate of drug-likeness (QED) is 0.792. The smallest absolute Gasteiger partial charge is 0.223 e. The lowest BCUT2D eigenvalue weighted by atomic mass is 9.76. The summed E-state index contributed by atoms with van der Waals surface area (Å²) in [6.07, 6.45) is 4.14. The number of carbonyl (C=O) groups excluding carboxylic acids is 1. The maximum Gasteiger partial charge on any atom is 0.223 e. The van der Waals surface area contributed by atoms with Gasteiger partial charge in [0.2, 0.25) is 5.91 Å². The molecule has 4 unspecified atom stereocenters. The largest absolute Gasteiger partial charge is 0.353 e. The molecule has 1 aliphatic rings. The molecule has 0 bridgehead atoms. The van der Waals surface area contributed by atoms with Crippen LogP contribution in [0.1, 0.15) is 53.4 Å². The van der Waals surface area contributed by atoms with E-state index in [0.29, 0.717) is 17.9 Å². The van der Waals surface area contributed by atoms with Crippen LogP contribution in [0.2, 0.25) is 0 Å². The number of rotatable bonds is 4. The maximum absolute atomic E-state index is 12.3. The molecule has 3 N–H and O–H groups in total. The lowest BCUT2D eigenvalue weighted by molar-refractivity contribution is -0.128. The van der Waals surface area contributed by atoms with Crippen molar-refractivity contribution in [3.05, 3.63) is 0 Å². The van der Waals surface area contributed by atoms with Crippen LogP contribution in [0, 0.1) is 17.8 Å². The summed E-state index contributed by atoms with van der Waals surface area (Å²) in [4.78, 5) is 12.3. The summed E-state index contributed by atoms with van der Waals surface area (Å²) in [5, 5.41) is 3.19. The van der Waals surface area contributed by atoms with Gasteiger partial charge >= 0.3 is 0 Å². The van der Waals surface area contributed by atoms with Crippen LogP contribution in [0.15, 0.2) is 0 Å². The molecule has 0 aliphatic heterocycles. The first-order valence-electron chi connectivity index (χ1n) is 7.03. The molecule has 1 saturated carbocycles. The summed E-state index contributed by atoms with van der Waals surface area (Å²) in [5.41, 5.74) is 6.05. The van der Waals surface area contributed by atoms with E-state index in [0.717, 1.165) is 25.7 Å². The van der Waals surface area contributed by atoms with Gasteiger partial charge in [-0.2, -0.15) is 0 Å². The third-order valence-electron chi connectivity index (χ3n) is 4.27. The topological polar surface area (TPSA) is 55.1 Å². The van der Waals surface area contributed by atoms with Gasteiger partial charge in [-0.1, -0.05) is 34.1 Å². The summed E-state index contributed by atoms with van der Waals surface area (Å²) in [7, 11) is 0. The fourth-order valence-electron chi connectivity index (χ4n) is 2.80. The van der Waals surface area contributed by atoms with E-state index in [-0.39, 0.29) is 17.9 Å². The standard InChI is InChI=1S/C14H28N2O/c1-5-13(9(2)3)16-14(17)11-7-6-8-12(15)10(11)4/h9-13H,5-8,15H2,1-4H3,(H,16,17). The van der Waals surface area contributed by atoms with E-state index in [4.69, 9.17) is 5.73 Å². The summed E-state index contributed by atoms with van der Waals surface area (Å²) >= 11 is 0. The van der Waals surface area contributed by atoms with Crippen LogP contribution >= 0.6 is 0 Å². The highest BCUT2D eigenvalue weighted by Crippen LogP contribution is 2.29. The van der Waals surface area contributed by atoms with Crippen molar-refractivity contribution >= 4 is 5.91 Å². The summed E-state index contributed by atoms with van der Waals surface area (Å²) < 4.78 is 0. The van der Waals surface area contributed by atoms with Crippen molar-refractivity contribution in [3.63, 3.8) is 0 Å². The van der Waals surface area contributed by atoms with E-state index >= 15 is 0 Å². The van der Waals surface area contributed by atoms with Gasteiger partial charge in [0.25, 0.3) is 0 Å². The molecule has 3 nitrogen and oxygen atoms in total. The molecular weight excluding hydrogens is 212 g/mol. The molecule has 1 aliphatic carbocycles. The van der Waals surface area contributed by atoms with Gasteiger partial charge in [0.1, 0.15) is 0 Å². The van der Waals surface area contributed by atoms with Crippen molar-refractivity contribution in [1.29, 1.82) is 0 Å². The SMILES string of the molecule is CCC(NC(=O)C1CCCC(N)C1C)C(C)C. The molecule has 1 fully saturated rings. The van der Waals surface area contributed by atoms with Crippen molar-refractivity contribution in [3.8, 4) is 0 Å². The minimum atomic E-state index is 0.117. The highest BCUT2D eigenvalue weighted by molar-refractivity contribution is 5.79. The molecule has 4 atom stereocenters. The zero-order valence-electron chi connectivity index (χ0n) is 11.7. The number of hydrogen-bond acceptors (Lipinski definition) is 2. The van der Waals surface area contributed by atoms with Gasteiger partial charge in [0.05, 0.1) is 0 Å². The number of amides is 1. The molecule has 0 radical (unpaired) electrons. The molecule has 1 rings (SSSR count). The Morgan fingerprint density at radius 1 is 1.41 bits per heavy atom. The van der Waals surface area contributed by atoms with Crippen molar-refractivity contribution < 1.29 is 4.79 Å². The van der Waals surface area contributed by atoms with Crippen LogP contribution in [0.3, 0.4) is 0 Å². The second-order valence-corrected chi connectivity index (χ2v) is 5.83. The molecule has 0 aromatic heterocycles. The maximum atomic E-state index is 12.3. The monoisotopic (exact) mass is 240 g/mol. The van der Waals surface area contributed by atoms with Gasteiger partial charge in [-0.3, -0.25) is 4.79 Å². The van der Waals surface area contributed by atoms with Crippen LogP contribution in [0.25, 0.3) is 0 Å². The van der Waals surface area contributed by atoms with E-state index in [2.05, 4.69) is 33.0 Å². The van der Waals surface area contributed by atoms with Gasteiger partial charge in [0, 0.05) is 18.0 Å². The van der Waals surface area contributed by atoms with Crippen LogP contribution < -0.4 is 11.1 Å². The van der Waals surface area contributed by atoms with Crippen molar-refractivity contribution in [1.82, 2.24) is 5.32 Å². The fraction of sp³-hybridized carbons (Fsp3) is 0.929. The number of nitrogens with one attached hydrogen (secondary N) is 1. The second-order valence-electron chi connectivity index (χ2n) is 5.83. The first kappa shape index (κ1) is 14.5. The zero-order chi connectivity index (χ0) is 13.0. The lowest BCUT2D eigenvalue weighted by Gasteiger charge is -2.34. The first-order chi connectivity index (χ1) is 7.97.